The standard InChI is InChI=1S/C25H22N6O/c26-23(27-17-4-2-5-17)14-7-9-19-21(12-14)30-25(29-19)16-8-10-20-22(13-16)31-24(28-20)15-3-1-6-18(32)11-15/h1,3,6-13,17,32H,2,4-5H2,(H2,26,27)(H,28,31)(H,29,30). The summed E-state index contributed by atoms with van der Waals surface area (Å²) in [7, 11) is 0. The maximum atomic E-state index is 9.75. The van der Waals surface area contributed by atoms with Crippen LogP contribution >= 0.6 is 0 Å². The fourth-order valence-electron chi connectivity index (χ4n) is 4.04. The van der Waals surface area contributed by atoms with Gasteiger partial charge in [0.15, 0.2) is 0 Å². The number of nitrogens with one attached hydrogen (secondary N) is 2. The Labute approximate surface area is 184 Å². The summed E-state index contributed by atoms with van der Waals surface area (Å²) >= 11 is 0. The molecule has 7 heteroatoms. The lowest BCUT2D eigenvalue weighted by Gasteiger charge is -2.21. The molecule has 0 saturated heterocycles. The topological polar surface area (TPSA) is 116 Å². The second kappa shape index (κ2) is 7.23. The van der Waals surface area contributed by atoms with Crippen LogP contribution in [-0.2, 0) is 0 Å². The monoisotopic (exact) mass is 422 g/mol. The molecule has 0 aliphatic heterocycles. The number of aliphatic imine (C=N–C) groups is 1. The van der Waals surface area contributed by atoms with Gasteiger partial charge in [-0.2, -0.15) is 0 Å². The van der Waals surface area contributed by atoms with Crippen molar-refractivity contribution in [3.63, 3.8) is 0 Å². The molecule has 0 amide bonds. The van der Waals surface area contributed by atoms with E-state index in [0.29, 0.717) is 17.7 Å². The van der Waals surface area contributed by atoms with Gasteiger partial charge in [0.2, 0.25) is 0 Å². The minimum atomic E-state index is 0.212. The van der Waals surface area contributed by atoms with E-state index in [1.807, 2.05) is 42.5 Å². The predicted molar refractivity (Wildman–Crippen MR) is 127 cm³/mol. The minimum Gasteiger partial charge on any atom is -0.508 e. The molecule has 7 nitrogen and oxygen atoms in total. The first-order valence-electron chi connectivity index (χ1n) is 10.8. The molecule has 5 N–H and O–H groups in total. The zero-order valence-corrected chi connectivity index (χ0v) is 17.3. The van der Waals surface area contributed by atoms with Gasteiger partial charge in [-0.15, -0.1) is 0 Å². The molecule has 2 aromatic heterocycles. The highest BCUT2D eigenvalue weighted by Gasteiger charge is 2.17. The number of amidine groups is 1. The van der Waals surface area contributed by atoms with Crippen LogP contribution in [0.3, 0.4) is 0 Å². The first kappa shape index (κ1) is 18.6. The number of rotatable bonds is 4. The van der Waals surface area contributed by atoms with Crippen LogP contribution in [0.15, 0.2) is 65.7 Å². The summed E-state index contributed by atoms with van der Waals surface area (Å²) in [4.78, 5) is 20.8. The van der Waals surface area contributed by atoms with Crippen molar-refractivity contribution in [2.75, 3.05) is 0 Å². The van der Waals surface area contributed by atoms with Crippen LogP contribution in [0.5, 0.6) is 5.75 Å². The Balaban J connectivity index is 1.35. The molecule has 0 bridgehead atoms. The van der Waals surface area contributed by atoms with E-state index in [1.54, 1.807) is 18.2 Å². The summed E-state index contributed by atoms with van der Waals surface area (Å²) in [6.45, 7) is 0. The lowest BCUT2D eigenvalue weighted by molar-refractivity contribution is 0.420. The van der Waals surface area contributed by atoms with Crippen LogP contribution in [-0.4, -0.2) is 36.9 Å². The van der Waals surface area contributed by atoms with Gasteiger partial charge in [0.25, 0.3) is 0 Å². The Kier molecular flexibility index (Phi) is 4.21. The number of phenolic OH excluding ortho intramolecular Hbond substituents is 1. The number of hydrogen-bond donors (Lipinski definition) is 4. The number of aromatic nitrogens is 4. The van der Waals surface area contributed by atoms with E-state index >= 15 is 0 Å². The molecule has 5 aromatic rings. The molecule has 0 radical (unpaired) electrons. The highest BCUT2D eigenvalue weighted by Crippen LogP contribution is 2.28. The highest BCUT2D eigenvalue weighted by molar-refractivity contribution is 6.00. The lowest BCUT2D eigenvalue weighted by atomic mass is 9.94. The maximum Gasteiger partial charge on any atom is 0.138 e. The van der Waals surface area contributed by atoms with Crippen LogP contribution in [0.1, 0.15) is 24.8 Å². The zero-order chi connectivity index (χ0) is 21.7. The largest absolute Gasteiger partial charge is 0.508 e. The second-order valence-electron chi connectivity index (χ2n) is 8.28. The molecule has 0 atom stereocenters. The average molecular weight is 422 g/mol. The summed E-state index contributed by atoms with van der Waals surface area (Å²) in [5.74, 6) is 2.29. The van der Waals surface area contributed by atoms with Gasteiger partial charge in [-0.25, -0.2) is 9.97 Å². The fraction of sp³-hybridized carbons (Fsp3) is 0.160. The SMILES string of the molecule is NC(=NC1CCC1)c1ccc2nc(-c3ccc4nc(-c5cccc(O)c5)[nH]c4c3)[nH]c2c1. The molecule has 158 valence electrons. The van der Waals surface area contributed by atoms with Crippen molar-refractivity contribution in [3.8, 4) is 28.5 Å². The Morgan fingerprint density at radius 3 is 2.25 bits per heavy atom. The number of aromatic amines is 2. The quantitative estimate of drug-likeness (QED) is 0.247. The fourth-order valence-corrected chi connectivity index (χ4v) is 4.04. The summed E-state index contributed by atoms with van der Waals surface area (Å²) in [6.07, 6.45) is 3.49. The number of H-pyrrole nitrogens is 2. The number of fused-ring (bicyclic) bond motifs is 2. The number of phenols is 1. The van der Waals surface area contributed by atoms with Crippen LogP contribution in [0, 0.1) is 0 Å². The first-order chi connectivity index (χ1) is 15.6. The van der Waals surface area contributed by atoms with Crippen LogP contribution in [0.4, 0.5) is 0 Å². The number of imidazole rings is 2. The van der Waals surface area contributed by atoms with E-state index in [0.717, 1.165) is 57.4 Å². The average Bonchev–Trinajstić information content (AvgIpc) is 3.39. The molecule has 1 aliphatic rings. The molecule has 32 heavy (non-hydrogen) atoms. The second-order valence-corrected chi connectivity index (χ2v) is 8.28. The third-order valence-corrected chi connectivity index (χ3v) is 6.05. The van der Waals surface area contributed by atoms with E-state index in [9.17, 15) is 5.11 Å². The third-order valence-electron chi connectivity index (χ3n) is 6.05. The van der Waals surface area contributed by atoms with Gasteiger partial charge < -0.3 is 20.8 Å². The Hall–Kier alpha value is -4.13. The maximum absolute atomic E-state index is 9.75. The van der Waals surface area contributed by atoms with Gasteiger partial charge in [0, 0.05) is 16.7 Å². The number of aromatic hydroxyl groups is 1. The van der Waals surface area contributed by atoms with Crippen molar-refractivity contribution < 1.29 is 5.11 Å². The van der Waals surface area contributed by atoms with Crippen LogP contribution in [0.2, 0.25) is 0 Å². The molecule has 1 fully saturated rings. The number of benzene rings is 3. The normalized spacial score (nSPS) is 14.8. The third kappa shape index (κ3) is 3.28. The van der Waals surface area contributed by atoms with Crippen molar-refractivity contribution in [2.45, 2.75) is 25.3 Å². The van der Waals surface area contributed by atoms with Crippen molar-refractivity contribution in [3.05, 3.63) is 66.2 Å². The van der Waals surface area contributed by atoms with Crippen molar-refractivity contribution >= 4 is 27.9 Å². The molecule has 3 aromatic carbocycles. The van der Waals surface area contributed by atoms with Crippen molar-refractivity contribution in [1.29, 1.82) is 0 Å². The molecule has 6 rings (SSSR count). The van der Waals surface area contributed by atoms with E-state index in [-0.39, 0.29) is 5.75 Å². The van der Waals surface area contributed by atoms with Crippen molar-refractivity contribution in [2.24, 2.45) is 10.7 Å². The summed E-state index contributed by atoms with van der Waals surface area (Å²) in [5, 5.41) is 9.75. The van der Waals surface area contributed by atoms with Gasteiger partial charge in [-0.3, -0.25) is 4.99 Å². The zero-order valence-electron chi connectivity index (χ0n) is 17.3. The Morgan fingerprint density at radius 1 is 0.875 bits per heavy atom. The van der Waals surface area contributed by atoms with Crippen molar-refractivity contribution in [1.82, 2.24) is 19.9 Å². The minimum absolute atomic E-state index is 0.212. The Morgan fingerprint density at radius 2 is 1.56 bits per heavy atom. The number of hydrogen-bond acceptors (Lipinski definition) is 4. The molecular weight excluding hydrogens is 400 g/mol. The summed E-state index contributed by atoms with van der Waals surface area (Å²) < 4.78 is 0. The van der Waals surface area contributed by atoms with Gasteiger partial charge in [0.05, 0.1) is 28.1 Å². The molecule has 0 spiro atoms. The molecule has 1 aliphatic carbocycles. The molecule has 1 saturated carbocycles. The van der Waals surface area contributed by atoms with Gasteiger partial charge in [-0.1, -0.05) is 12.1 Å². The Bertz CT molecular complexity index is 1490. The predicted octanol–water partition coefficient (Wildman–Crippen LogP) is 4.74. The van der Waals surface area contributed by atoms with Gasteiger partial charge >= 0.3 is 0 Å². The smallest absolute Gasteiger partial charge is 0.138 e. The lowest BCUT2D eigenvalue weighted by Crippen LogP contribution is -2.22. The highest BCUT2D eigenvalue weighted by atomic mass is 16.3. The summed E-state index contributed by atoms with van der Waals surface area (Å²) in [5.41, 5.74) is 12.5. The van der Waals surface area contributed by atoms with E-state index in [1.165, 1.54) is 6.42 Å². The van der Waals surface area contributed by atoms with E-state index in [4.69, 9.17) is 10.7 Å². The van der Waals surface area contributed by atoms with Gasteiger partial charge in [-0.05, 0) is 67.8 Å². The van der Waals surface area contributed by atoms with E-state index in [2.05, 4.69) is 19.9 Å². The number of nitrogens with zero attached hydrogens (tertiary/aromatic N) is 3. The molecule has 0 unspecified atom stereocenters. The van der Waals surface area contributed by atoms with Crippen LogP contribution in [0.25, 0.3) is 44.8 Å². The molecular formula is C25H22N6O. The first-order valence-corrected chi connectivity index (χ1v) is 10.8. The molecule has 2 heterocycles. The summed E-state index contributed by atoms with van der Waals surface area (Å²) in [6, 6.07) is 19.4. The van der Waals surface area contributed by atoms with Crippen LogP contribution < -0.4 is 5.73 Å². The number of nitrogens with two attached hydrogens (primary N) is 1. The van der Waals surface area contributed by atoms with Gasteiger partial charge in [0.1, 0.15) is 23.2 Å². The van der Waals surface area contributed by atoms with E-state index < -0.39 is 0 Å².